The Hall–Kier alpha value is -1.71. The molecule has 0 aliphatic carbocycles. The highest BCUT2D eigenvalue weighted by molar-refractivity contribution is 6.30. The number of benzene rings is 2. The molecule has 0 saturated carbocycles. The minimum Gasteiger partial charge on any atom is -0.319 e. The predicted octanol–water partition coefficient (Wildman–Crippen LogP) is 3.67. The SMILES string of the molecule is CNCCc1ccccc1C(=O)Cc1ccc(Cl)cc1F. The lowest BCUT2D eigenvalue weighted by molar-refractivity contribution is 0.0991. The van der Waals surface area contributed by atoms with E-state index in [2.05, 4.69) is 5.32 Å². The second-order valence-electron chi connectivity index (χ2n) is 4.85. The van der Waals surface area contributed by atoms with Gasteiger partial charge >= 0.3 is 0 Å². The van der Waals surface area contributed by atoms with Crippen LogP contribution in [0.3, 0.4) is 0 Å². The lowest BCUT2D eigenvalue weighted by Gasteiger charge is -2.09. The minimum absolute atomic E-state index is 0.0412. The fourth-order valence-electron chi connectivity index (χ4n) is 2.20. The first kappa shape index (κ1) is 15.7. The van der Waals surface area contributed by atoms with Crippen LogP contribution in [0.15, 0.2) is 42.5 Å². The summed E-state index contributed by atoms with van der Waals surface area (Å²) in [5.41, 5.74) is 2.00. The average Bonchev–Trinajstić information content (AvgIpc) is 2.48. The molecular formula is C17H17ClFNO. The zero-order chi connectivity index (χ0) is 15.2. The Bertz CT molecular complexity index is 642. The van der Waals surface area contributed by atoms with E-state index in [9.17, 15) is 9.18 Å². The number of likely N-dealkylation sites (N-methyl/N-ethyl adjacent to an activating group) is 1. The van der Waals surface area contributed by atoms with Crippen LogP contribution in [-0.2, 0) is 12.8 Å². The number of carbonyl (C=O) groups is 1. The Morgan fingerprint density at radius 2 is 1.95 bits per heavy atom. The molecule has 4 heteroatoms. The standard InChI is InChI=1S/C17H17ClFNO/c1-20-9-8-12-4-2-3-5-15(12)17(21)10-13-6-7-14(18)11-16(13)19/h2-7,11,20H,8-10H2,1H3. The van der Waals surface area contributed by atoms with Crippen molar-refractivity contribution in [3.63, 3.8) is 0 Å². The molecule has 0 unspecified atom stereocenters. The molecule has 110 valence electrons. The zero-order valence-electron chi connectivity index (χ0n) is 11.8. The summed E-state index contributed by atoms with van der Waals surface area (Å²) >= 11 is 5.72. The molecule has 0 spiro atoms. The fourth-order valence-corrected chi connectivity index (χ4v) is 2.36. The third kappa shape index (κ3) is 4.13. The highest BCUT2D eigenvalue weighted by Gasteiger charge is 2.14. The van der Waals surface area contributed by atoms with Crippen molar-refractivity contribution >= 4 is 17.4 Å². The minimum atomic E-state index is -0.441. The number of halogens is 2. The Morgan fingerprint density at radius 1 is 1.19 bits per heavy atom. The molecule has 0 fully saturated rings. The number of ketones is 1. The van der Waals surface area contributed by atoms with Crippen molar-refractivity contribution in [2.24, 2.45) is 0 Å². The van der Waals surface area contributed by atoms with Gasteiger partial charge in [0.1, 0.15) is 5.82 Å². The largest absolute Gasteiger partial charge is 0.319 e. The van der Waals surface area contributed by atoms with Gasteiger partial charge in [0.2, 0.25) is 0 Å². The number of hydrogen-bond donors (Lipinski definition) is 1. The van der Waals surface area contributed by atoms with Gasteiger partial charge in [-0.05, 0) is 43.3 Å². The molecule has 0 saturated heterocycles. The maximum Gasteiger partial charge on any atom is 0.167 e. The smallest absolute Gasteiger partial charge is 0.167 e. The highest BCUT2D eigenvalue weighted by Crippen LogP contribution is 2.18. The molecule has 1 N–H and O–H groups in total. The molecule has 2 nitrogen and oxygen atoms in total. The van der Waals surface area contributed by atoms with Crippen LogP contribution in [0.4, 0.5) is 4.39 Å². The topological polar surface area (TPSA) is 29.1 Å². The van der Waals surface area contributed by atoms with E-state index in [4.69, 9.17) is 11.6 Å². The van der Waals surface area contributed by atoms with Crippen molar-refractivity contribution in [3.8, 4) is 0 Å². The van der Waals surface area contributed by atoms with Gasteiger partial charge in [-0.1, -0.05) is 41.9 Å². The van der Waals surface area contributed by atoms with Gasteiger partial charge in [0.05, 0.1) is 0 Å². The van der Waals surface area contributed by atoms with Crippen LogP contribution < -0.4 is 5.32 Å². The van der Waals surface area contributed by atoms with E-state index >= 15 is 0 Å². The second-order valence-corrected chi connectivity index (χ2v) is 5.28. The summed E-state index contributed by atoms with van der Waals surface area (Å²) in [6.45, 7) is 0.791. The maximum absolute atomic E-state index is 13.8. The first-order chi connectivity index (χ1) is 10.1. The van der Waals surface area contributed by atoms with Crippen LogP contribution in [-0.4, -0.2) is 19.4 Å². The molecule has 0 radical (unpaired) electrons. The molecule has 2 aromatic rings. The molecular weight excluding hydrogens is 289 g/mol. The van der Waals surface area contributed by atoms with E-state index < -0.39 is 5.82 Å². The maximum atomic E-state index is 13.8. The second kappa shape index (κ2) is 7.34. The van der Waals surface area contributed by atoms with Gasteiger partial charge in [0.25, 0.3) is 0 Å². The normalized spacial score (nSPS) is 10.6. The quantitative estimate of drug-likeness (QED) is 0.825. The summed E-state index contributed by atoms with van der Waals surface area (Å²) in [6.07, 6.45) is 0.807. The van der Waals surface area contributed by atoms with Crippen molar-refractivity contribution in [1.82, 2.24) is 5.32 Å². The van der Waals surface area contributed by atoms with Gasteiger partial charge in [-0.3, -0.25) is 4.79 Å². The molecule has 2 aromatic carbocycles. The van der Waals surface area contributed by atoms with Crippen LogP contribution >= 0.6 is 11.6 Å². The molecule has 0 amide bonds. The Labute approximate surface area is 128 Å². The number of nitrogens with one attached hydrogen (secondary N) is 1. The Kier molecular flexibility index (Phi) is 5.48. The number of carbonyl (C=O) groups excluding carboxylic acids is 1. The fraction of sp³-hybridized carbons (Fsp3) is 0.235. The van der Waals surface area contributed by atoms with Gasteiger partial charge in [-0.15, -0.1) is 0 Å². The number of rotatable bonds is 6. The van der Waals surface area contributed by atoms with Gasteiger partial charge in [-0.25, -0.2) is 4.39 Å². The van der Waals surface area contributed by atoms with Crippen molar-refractivity contribution < 1.29 is 9.18 Å². The zero-order valence-corrected chi connectivity index (χ0v) is 12.6. The monoisotopic (exact) mass is 305 g/mol. The summed E-state index contributed by atoms with van der Waals surface area (Å²) in [5.74, 6) is -0.522. The Morgan fingerprint density at radius 3 is 2.67 bits per heavy atom. The van der Waals surface area contributed by atoms with E-state index in [-0.39, 0.29) is 12.2 Å². The number of hydrogen-bond acceptors (Lipinski definition) is 2. The van der Waals surface area contributed by atoms with E-state index in [1.807, 2.05) is 25.2 Å². The van der Waals surface area contributed by atoms with E-state index in [1.165, 1.54) is 6.07 Å². The van der Waals surface area contributed by atoms with Crippen molar-refractivity contribution in [2.75, 3.05) is 13.6 Å². The average molecular weight is 306 g/mol. The summed E-state index contributed by atoms with van der Waals surface area (Å²) in [4.78, 5) is 12.4. The summed E-state index contributed by atoms with van der Waals surface area (Å²) in [7, 11) is 1.87. The first-order valence-corrected chi connectivity index (χ1v) is 7.19. The summed E-state index contributed by atoms with van der Waals surface area (Å²) in [5, 5.41) is 3.39. The third-order valence-electron chi connectivity index (χ3n) is 3.33. The van der Waals surface area contributed by atoms with Crippen LogP contribution in [0.25, 0.3) is 0 Å². The van der Waals surface area contributed by atoms with Crippen molar-refractivity contribution in [2.45, 2.75) is 12.8 Å². The molecule has 0 aliphatic heterocycles. The van der Waals surface area contributed by atoms with Gasteiger partial charge < -0.3 is 5.32 Å². The van der Waals surface area contributed by atoms with Crippen molar-refractivity contribution in [1.29, 1.82) is 0 Å². The van der Waals surface area contributed by atoms with Gasteiger partial charge in [0, 0.05) is 17.0 Å². The summed E-state index contributed by atoms with van der Waals surface area (Å²) in [6, 6.07) is 11.9. The van der Waals surface area contributed by atoms with E-state index in [0.29, 0.717) is 16.1 Å². The van der Waals surface area contributed by atoms with Gasteiger partial charge in [-0.2, -0.15) is 0 Å². The molecule has 0 aliphatic rings. The van der Waals surface area contributed by atoms with Crippen LogP contribution in [0.1, 0.15) is 21.5 Å². The number of Topliss-reactive ketones (excluding diaryl/α,β-unsaturated/α-hetero) is 1. The third-order valence-corrected chi connectivity index (χ3v) is 3.56. The molecule has 0 heterocycles. The van der Waals surface area contributed by atoms with Crippen LogP contribution in [0, 0.1) is 5.82 Å². The van der Waals surface area contributed by atoms with Crippen molar-refractivity contribution in [3.05, 3.63) is 70.0 Å². The molecule has 0 atom stereocenters. The Balaban J connectivity index is 2.20. The lowest BCUT2D eigenvalue weighted by Crippen LogP contribution is -2.14. The van der Waals surface area contributed by atoms with Crippen LogP contribution in [0.2, 0.25) is 5.02 Å². The summed E-state index contributed by atoms with van der Waals surface area (Å²) < 4.78 is 13.8. The lowest BCUT2D eigenvalue weighted by atomic mass is 9.96. The molecule has 2 rings (SSSR count). The van der Waals surface area contributed by atoms with Crippen LogP contribution in [0.5, 0.6) is 0 Å². The predicted molar refractivity (Wildman–Crippen MR) is 83.5 cm³/mol. The van der Waals surface area contributed by atoms with E-state index in [1.54, 1.807) is 18.2 Å². The molecule has 0 aromatic heterocycles. The molecule has 0 bridgehead atoms. The van der Waals surface area contributed by atoms with E-state index in [0.717, 1.165) is 18.5 Å². The highest BCUT2D eigenvalue weighted by atomic mass is 35.5. The molecule has 21 heavy (non-hydrogen) atoms. The first-order valence-electron chi connectivity index (χ1n) is 6.81. The van der Waals surface area contributed by atoms with Gasteiger partial charge in [0.15, 0.2) is 5.78 Å².